The molecule has 0 saturated carbocycles. The molecule has 1 nitrogen and oxygen atoms in total. The number of carbonyl (C=O) groups excluding carboxylic acids is 1. The van der Waals surface area contributed by atoms with E-state index in [1.807, 2.05) is 0 Å². The molecule has 0 aromatic rings. The summed E-state index contributed by atoms with van der Waals surface area (Å²) in [5, 5.41) is 0. The first-order valence-electron chi connectivity index (χ1n) is 2.80. The van der Waals surface area contributed by atoms with E-state index in [0.717, 1.165) is 0 Å². The van der Waals surface area contributed by atoms with E-state index >= 15 is 0 Å². The average molecular weight is 136 g/mol. The predicted octanol–water partition coefficient (Wildman–Crippen LogP) is 1.68. The minimum absolute atomic E-state index is 0.0683. The summed E-state index contributed by atoms with van der Waals surface area (Å²) >= 11 is 0. The molecule has 0 spiro atoms. The molecule has 1 aliphatic rings. The third kappa shape index (κ3) is 1.14. The first-order valence-corrected chi connectivity index (χ1v) is 2.80. The van der Waals surface area contributed by atoms with Gasteiger partial charge in [-0.15, -0.1) is 0 Å². The zero-order valence-corrected chi connectivity index (χ0v) is 5.44. The Morgan fingerprint density at radius 3 is 2.80 bits per heavy atom. The molecule has 50 valence electrons. The van der Waals surface area contributed by atoms with Gasteiger partial charge in [0, 0.05) is 0 Å². The molecule has 0 N–H and O–H groups in total. The van der Waals surface area contributed by atoms with Gasteiger partial charge in [0.05, 0.1) is 5.57 Å². The van der Waals surface area contributed by atoms with E-state index in [0.29, 0.717) is 0 Å². The molecule has 1 rings (SSSR count). The Morgan fingerprint density at radius 1 is 1.70 bits per heavy atom. The van der Waals surface area contributed by atoms with Crippen molar-refractivity contribution in [2.45, 2.75) is 6.92 Å². The van der Waals surface area contributed by atoms with Crippen LogP contribution in [-0.2, 0) is 4.79 Å². The van der Waals surface area contributed by atoms with Gasteiger partial charge in [-0.2, -0.15) is 4.39 Å². The SMILES string of the molecule is CC(=O)C1=CC=C=C=C1F. The van der Waals surface area contributed by atoms with Crippen molar-refractivity contribution in [1.29, 1.82) is 0 Å². The van der Waals surface area contributed by atoms with Gasteiger partial charge in [0.25, 0.3) is 0 Å². The Kier molecular flexibility index (Phi) is 1.68. The Morgan fingerprint density at radius 2 is 2.40 bits per heavy atom. The summed E-state index contributed by atoms with van der Waals surface area (Å²) in [7, 11) is 0. The van der Waals surface area contributed by atoms with Crippen molar-refractivity contribution in [3.8, 4) is 0 Å². The second kappa shape index (κ2) is 2.49. The maximum absolute atomic E-state index is 12.5. The largest absolute Gasteiger partial charge is 0.294 e. The number of carbonyl (C=O) groups is 1. The van der Waals surface area contributed by atoms with E-state index < -0.39 is 5.83 Å². The first kappa shape index (κ1) is 6.76. The van der Waals surface area contributed by atoms with Crippen molar-refractivity contribution in [1.82, 2.24) is 0 Å². The monoisotopic (exact) mass is 136 g/mol. The fraction of sp³-hybridized carbons (Fsp3) is 0.125. The molecule has 0 bridgehead atoms. The number of halogens is 1. The van der Waals surface area contributed by atoms with Crippen molar-refractivity contribution < 1.29 is 9.18 Å². The summed E-state index contributed by atoms with van der Waals surface area (Å²) in [4.78, 5) is 10.6. The van der Waals surface area contributed by atoms with Gasteiger partial charge >= 0.3 is 0 Å². The van der Waals surface area contributed by atoms with Crippen molar-refractivity contribution in [2.75, 3.05) is 0 Å². The number of rotatable bonds is 1. The predicted molar refractivity (Wildman–Crippen MR) is 35.0 cm³/mol. The van der Waals surface area contributed by atoms with Crippen LogP contribution in [0.15, 0.2) is 35.0 Å². The van der Waals surface area contributed by atoms with Gasteiger partial charge in [-0.3, -0.25) is 4.79 Å². The molecule has 0 atom stereocenters. The second-order valence-electron chi connectivity index (χ2n) is 1.89. The van der Waals surface area contributed by atoms with Gasteiger partial charge in [-0.25, -0.2) is 0 Å². The van der Waals surface area contributed by atoms with Crippen LogP contribution in [0.4, 0.5) is 4.39 Å². The van der Waals surface area contributed by atoms with Gasteiger partial charge in [0.2, 0.25) is 0 Å². The molecule has 2 heteroatoms. The Balaban J connectivity index is 3.08. The Hall–Kier alpha value is -1.36. The topological polar surface area (TPSA) is 17.1 Å². The molecule has 0 aromatic carbocycles. The minimum atomic E-state index is -0.630. The summed E-state index contributed by atoms with van der Waals surface area (Å²) in [6.45, 7) is 1.31. The molecule has 0 amide bonds. The third-order valence-corrected chi connectivity index (χ3v) is 1.13. The van der Waals surface area contributed by atoms with Crippen molar-refractivity contribution >= 4 is 5.78 Å². The van der Waals surface area contributed by atoms with Crippen LogP contribution < -0.4 is 0 Å². The summed E-state index contributed by atoms with van der Waals surface area (Å²) < 4.78 is 12.5. The van der Waals surface area contributed by atoms with Gasteiger partial charge in [0.15, 0.2) is 11.6 Å². The lowest BCUT2D eigenvalue weighted by atomic mass is 10.1. The molecule has 0 radical (unpaired) electrons. The van der Waals surface area contributed by atoms with Crippen LogP contribution in [-0.4, -0.2) is 5.78 Å². The van der Waals surface area contributed by atoms with E-state index in [9.17, 15) is 9.18 Å². The van der Waals surface area contributed by atoms with Gasteiger partial charge < -0.3 is 0 Å². The van der Waals surface area contributed by atoms with Crippen molar-refractivity contribution in [3.63, 3.8) is 0 Å². The van der Waals surface area contributed by atoms with Gasteiger partial charge in [-0.1, -0.05) is 5.73 Å². The summed E-state index contributed by atoms with van der Waals surface area (Å²) in [6.07, 6.45) is 2.84. The standard InChI is InChI=1S/C8H5FO/c1-6(10)7-4-2-3-5-8(7)9/h2,4H,1H3. The smallest absolute Gasteiger partial charge is 0.184 e. The van der Waals surface area contributed by atoms with Crippen LogP contribution in [0.5, 0.6) is 0 Å². The van der Waals surface area contributed by atoms with E-state index in [2.05, 4.69) is 11.5 Å². The Labute approximate surface area is 57.9 Å². The van der Waals surface area contributed by atoms with E-state index in [4.69, 9.17) is 0 Å². The normalized spacial score (nSPS) is 14.6. The number of ketones is 1. The Bertz CT molecular complexity index is 297. The van der Waals surface area contributed by atoms with Crippen LogP contribution in [0.3, 0.4) is 0 Å². The fourth-order valence-electron chi connectivity index (χ4n) is 0.642. The lowest BCUT2D eigenvalue weighted by Crippen LogP contribution is -1.96. The molecule has 0 fully saturated rings. The third-order valence-electron chi connectivity index (χ3n) is 1.13. The van der Waals surface area contributed by atoms with Crippen LogP contribution in [0.1, 0.15) is 6.92 Å². The number of hydrogen-bond acceptors (Lipinski definition) is 1. The molecule has 0 heterocycles. The highest BCUT2D eigenvalue weighted by atomic mass is 19.1. The summed E-state index contributed by atoms with van der Waals surface area (Å²) in [6, 6.07) is 0. The van der Waals surface area contributed by atoms with E-state index in [1.54, 1.807) is 0 Å². The van der Waals surface area contributed by atoms with Crippen molar-refractivity contribution in [2.24, 2.45) is 0 Å². The van der Waals surface area contributed by atoms with Crippen LogP contribution in [0.25, 0.3) is 0 Å². The highest BCUT2D eigenvalue weighted by molar-refractivity contribution is 5.97. The molecular weight excluding hydrogens is 131 g/mol. The number of allylic oxidation sites excluding steroid dienone is 4. The fourth-order valence-corrected chi connectivity index (χ4v) is 0.642. The van der Waals surface area contributed by atoms with Gasteiger partial charge in [0.1, 0.15) is 0 Å². The molecular formula is C8H5FO. The lowest BCUT2D eigenvalue weighted by Gasteiger charge is -1.95. The van der Waals surface area contributed by atoms with E-state index in [1.165, 1.54) is 19.1 Å². The zero-order chi connectivity index (χ0) is 7.56. The van der Waals surface area contributed by atoms with E-state index in [-0.39, 0.29) is 11.4 Å². The lowest BCUT2D eigenvalue weighted by molar-refractivity contribution is -0.113. The summed E-state index contributed by atoms with van der Waals surface area (Å²) in [5.74, 6) is -0.919. The van der Waals surface area contributed by atoms with Crippen LogP contribution in [0.2, 0.25) is 0 Å². The average Bonchev–Trinajstić information content (AvgIpc) is 1.88. The molecule has 0 aliphatic heterocycles. The second-order valence-corrected chi connectivity index (χ2v) is 1.89. The van der Waals surface area contributed by atoms with Crippen LogP contribution >= 0.6 is 0 Å². The molecule has 10 heavy (non-hydrogen) atoms. The first-order chi connectivity index (χ1) is 4.72. The van der Waals surface area contributed by atoms with Crippen molar-refractivity contribution in [3.05, 3.63) is 35.0 Å². The number of hydrogen-bond donors (Lipinski definition) is 0. The van der Waals surface area contributed by atoms with Crippen LogP contribution in [0, 0.1) is 0 Å². The maximum Gasteiger partial charge on any atom is 0.184 e. The zero-order valence-electron chi connectivity index (χ0n) is 5.44. The highest BCUT2D eigenvalue weighted by Gasteiger charge is 2.08. The molecule has 0 unspecified atom stereocenters. The number of Topliss-reactive ketones (excluding diaryl/α,β-unsaturated/α-hetero) is 1. The minimum Gasteiger partial charge on any atom is -0.294 e. The highest BCUT2D eigenvalue weighted by Crippen LogP contribution is 2.12. The summed E-state index contributed by atoms with van der Waals surface area (Å²) in [5.41, 5.74) is 4.64. The molecule has 0 saturated heterocycles. The molecule has 1 aliphatic carbocycles. The molecule has 0 aromatic heterocycles. The quantitative estimate of drug-likeness (QED) is 0.501. The maximum atomic E-state index is 12.5. The van der Waals surface area contributed by atoms with Gasteiger partial charge in [-0.05, 0) is 24.8 Å².